The molecule has 0 N–H and O–H groups in total. The fourth-order valence-electron chi connectivity index (χ4n) is 3.52. The molecule has 0 aromatic heterocycles. The molecule has 1 atom stereocenters. The summed E-state index contributed by atoms with van der Waals surface area (Å²) in [4.78, 5) is 16.9. The lowest BCUT2D eigenvalue weighted by Crippen LogP contribution is -2.33. The van der Waals surface area contributed by atoms with Gasteiger partial charge in [-0.3, -0.25) is 4.79 Å². The topological polar surface area (TPSA) is 23.6 Å². The fourth-order valence-corrected chi connectivity index (χ4v) is 4.93. The molecule has 1 saturated heterocycles. The predicted molar refractivity (Wildman–Crippen MR) is 100.0 cm³/mol. The van der Waals surface area contributed by atoms with Gasteiger partial charge in [-0.25, -0.2) is 0 Å². The van der Waals surface area contributed by atoms with Crippen LogP contribution in [0.25, 0.3) is 0 Å². The van der Waals surface area contributed by atoms with Crippen molar-refractivity contribution in [1.82, 2.24) is 9.80 Å². The summed E-state index contributed by atoms with van der Waals surface area (Å²) in [6.07, 6.45) is 1.05. The zero-order valence-corrected chi connectivity index (χ0v) is 16.0. The summed E-state index contributed by atoms with van der Waals surface area (Å²) in [7, 11) is 0. The second-order valence-corrected chi connectivity index (χ2v) is 7.51. The Kier molecular flexibility index (Phi) is 6.54. The van der Waals surface area contributed by atoms with Crippen molar-refractivity contribution in [2.75, 3.05) is 31.9 Å². The maximum atomic E-state index is 12.4. The fraction of sp³-hybridized carbons (Fsp3) is 0.632. The largest absolute Gasteiger partial charge is 0.326 e. The Morgan fingerprint density at radius 3 is 2.35 bits per heavy atom. The number of benzene rings is 1. The summed E-state index contributed by atoms with van der Waals surface area (Å²) in [5.41, 5.74) is 5.26. The molecule has 0 spiro atoms. The van der Waals surface area contributed by atoms with Gasteiger partial charge in [-0.15, -0.1) is 11.8 Å². The van der Waals surface area contributed by atoms with E-state index in [1.165, 1.54) is 22.3 Å². The third-order valence-corrected chi connectivity index (χ3v) is 5.94. The Labute approximate surface area is 145 Å². The summed E-state index contributed by atoms with van der Waals surface area (Å²) >= 11 is 1.78. The van der Waals surface area contributed by atoms with E-state index in [9.17, 15) is 4.79 Å². The van der Waals surface area contributed by atoms with E-state index in [0.29, 0.717) is 11.7 Å². The standard InChI is InChI=1S/C19H30N2OS/c1-6-20(7-2)9-8-10-21-17(22)13-23-19(21)18-15(4)11-14(3)12-16(18)5/h11-12,19H,6-10,13H2,1-5H3. The highest BCUT2D eigenvalue weighted by Crippen LogP contribution is 2.41. The summed E-state index contributed by atoms with van der Waals surface area (Å²) in [6.45, 7) is 15.0. The number of amides is 1. The van der Waals surface area contributed by atoms with Crippen LogP contribution < -0.4 is 0 Å². The van der Waals surface area contributed by atoms with Crippen molar-refractivity contribution in [3.63, 3.8) is 0 Å². The number of thioether (sulfide) groups is 1. The maximum Gasteiger partial charge on any atom is 0.233 e. The van der Waals surface area contributed by atoms with Gasteiger partial charge >= 0.3 is 0 Å². The van der Waals surface area contributed by atoms with Gasteiger partial charge in [0.05, 0.1) is 5.75 Å². The van der Waals surface area contributed by atoms with E-state index in [1.807, 2.05) is 0 Å². The van der Waals surface area contributed by atoms with Crippen LogP contribution in [-0.2, 0) is 4.79 Å². The van der Waals surface area contributed by atoms with Gasteiger partial charge in [-0.1, -0.05) is 31.5 Å². The molecule has 1 amide bonds. The molecule has 0 radical (unpaired) electrons. The number of carbonyl (C=O) groups excluding carboxylic acids is 1. The monoisotopic (exact) mass is 334 g/mol. The first-order chi connectivity index (χ1) is 11.0. The van der Waals surface area contributed by atoms with Crippen LogP contribution in [0.1, 0.15) is 47.9 Å². The minimum Gasteiger partial charge on any atom is -0.326 e. The third kappa shape index (κ3) is 4.30. The van der Waals surface area contributed by atoms with Crippen molar-refractivity contribution in [1.29, 1.82) is 0 Å². The lowest BCUT2D eigenvalue weighted by molar-refractivity contribution is -0.128. The molecule has 1 aromatic carbocycles. The molecule has 1 fully saturated rings. The number of rotatable bonds is 7. The molecule has 3 nitrogen and oxygen atoms in total. The highest BCUT2D eigenvalue weighted by Gasteiger charge is 2.34. The number of carbonyl (C=O) groups is 1. The highest BCUT2D eigenvalue weighted by atomic mass is 32.2. The van der Waals surface area contributed by atoms with Crippen molar-refractivity contribution in [2.24, 2.45) is 0 Å². The number of aryl methyl sites for hydroxylation is 3. The van der Waals surface area contributed by atoms with Gasteiger partial charge in [-0.05, 0) is 63.5 Å². The van der Waals surface area contributed by atoms with Crippen LogP contribution in [0, 0.1) is 20.8 Å². The molecule has 1 aliphatic rings. The van der Waals surface area contributed by atoms with Gasteiger partial charge in [0.25, 0.3) is 0 Å². The Balaban J connectivity index is 2.11. The van der Waals surface area contributed by atoms with Crippen LogP contribution in [0.4, 0.5) is 0 Å². The molecule has 2 rings (SSSR count). The minimum atomic E-state index is 0.194. The van der Waals surface area contributed by atoms with Crippen molar-refractivity contribution in [3.05, 3.63) is 34.4 Å². The van der Waals surface area contributed by atoms with Gasteiger partial charge in [0.1, 0.15) is 5.37 Å². The summed E-state index contributed by atoms with van der Waals surface area (Å²) in [6, 6.07) is 4.47. The number of hydrogen-bond donors (Lipinski definition) is 0. The molecule has 0 bridgehead atoms. The smallest absolute Gasteiger partial charge is 0.233 e. The van der Waals surface area contributed by atoms with E-state index in [2.05, 4.69) is 56.6 Å². The summed E-state index contributed by atoms with van der Waals surface area (Å²) in [5.74, 6) is 0.904. The molecular formula is C19H30N2OS. The average Bonchev–Trinajstić information content (AvgIpc) is 2.84. The lowest BCUT2D eigenvalue weighted by atomic mass is 9.99. The van der Waals surface area contributed by atoms with E-state index in [1.54, 1.807) is 11.8 Å². The van der Waals surface area contributed by atoms with E-state index in [4.69, 9.17) is 0 Å². The van der Waals surface area contributed by atoms with E-state index in [0.717, 1.165) is 32.6 Å². The molecule has 4 heteroatoms. The molecule has 128 valence electrons. The van der Waals surface area contributed by atoms with Crippen molar-refractivity contribution in [3.8, 4) is 0 Å². The van der Waals surface area contributed by atoms with Crippen LogP contribution in [0.3, 0.4) is 0 Å². The van der Waals surface area contributed by atoms with Crippen LogP contribution in [0.5, 0.6) is 0 Å². The van der Waals surface area contributed by atoms with Crippen LogP contribution >= 0.6 is 11.8 Å². The minimum absolute atomic E-state index is 0.194. The Morgan fingerprint density at radius 1 is 1.17 bits per heavy atom. The Hall–Kier alpha value is -1.00. The van der Waals surface area contributed by atoms with Gasteiger partial charge in [0.15, 0.2) is 0 Å². The van der Waals surface area contributed by atoms with Crippen LogP contribution in [0.2, 0.25) is 0 Å². The SMILES string of the molecule is CCN(CC)CCCN1C(=O)CSC1c1c(C)cc(C)cc1C. The van der Waals surface area contributed by atoms with Crippen LogP contribution in [0.15, 0.2) is 12.1 Å². The zero-order chi connectivity index (χ0) is 17.0. The Bertz CT molecular complexity index is 531. The van der Waals surface area contributed by atoms with E-state index in [-0.39, 0.29) is 5.37 Å². The van der Waals surface area contributed by atoms with Gasteiger partial charge in [-0.2, -0.15) is 0 Å². The summed E-state index contributed by atoms with van der Waals surface area (Å²) < 4.78 is 0. The maximum absolute atomic E-state index is 12.4. The molecule has 0 aliphatic carbocycles. The predicted octanol–water partition coefficient (Wildman–Crippen LogP) is 3.92. The molecule has 1 heterocycles. The zero-order valence-electron chi connectivity index (χ0n) is 15.2. The molecular weight excluding hydrogens is 304 g/mol. The Morgan fingerprint density at radius 2 is 1.78 bits per heavy atom. The van der Waals surface area contributed by atoms with Crippen molar-refractivity contribution < 1.29 is 4.79 Å². The van der Waals surface area contributed by atoms with Crippen molar-refractivity contribution in [2.45, 2.75) is 46.4 Å². The number of nitrogens with zero attached hydrogens (tertiary/aromatic N) is 2. The third-order valence-electron chi connectivity index (χ3n) is 4.72. The first kappa shape index (κ1) is 18.3. The first-order valence-corrected chi connectivity index (χ1v) is 9.74. The quantitative estimate of drug-likeness (QED) is 0.755. The highest BCUT2D eigenvalue weighted by molar-refractivity contribution is 8.00. The van der Waals surface area contributed by atoms with Gasteiger partial charge < -0.3 is 9.80 Å². The van der Waals surface area contributed by atoms with E-state index < -0.39 is 0 Å². The van der Waals surface area contributed by atoms with E-state index >= 15 is 0 Å². The molecule has 0 saturated carbocycles. The first-order valence-electron chi connectivity index (χ1n) is 8.69. The van der Waals surface area contributed by atoms with Gasteiger partial charge in [0, 0.05) is 6.54 Å². The molecule has 1 unspecified atom stereocenters. The lowest BCUT2D eigenvalue weighted by Gasteiger charge is -2.28. The molecule has 23 heavy (non-hydrogen) atoms. The second kappa shape index (κ2) is 8.20. The number of hydrogen-bond acceptors (Lipinski definition) is 3. The molecule has 1 aromatic rings. The van der Waals surface area contributed by atoms with Gasteiger partial charge in [0.2, 0.25) is 5.91 Å². The summed E-state index contributed by atoms with van der Waals surface area (Å²) in [5, 5.41) is 0.194. The average molecular weight is 335 g/mol. The molecule has 1 aliphatic heterocycles. The van der Waals surface area contributed by atoms with Crippen LogP contribution in [-0.4, -0.2) is 47.6 Å². The second-order valence-electron chi connectivity index (χ2n) is 6.44. The normalized spacial score (nSPS) is 18.3. The van der Waals surface area contributed by atoms with Crippen molar-refractivity contribution >= 4 is 17.7 Å².